The highest BCUT2D eigenvalue weighted by molar-refractivity contribution is 9.10. The fraction of sp³-hybridized carbons (Fsp3) is 0.217. The molecule has 152 valence electrons. The molecule has 3 aromatic carbocycles. The lowest BCUT2D eigenvalue weighted by Crippen LogP contribution is -2.32. The molecule has 0 aliphatic heterocycles. The van der Waals surface area contributed by atoms with Crippen LogP contribution in [0.1, 0.15) is 22.7 Å². The zero-order chi connectivity index (χ0) is 21.0. The molecule has 0 fully saturated rings. The van der Waals surface area contributed by atoms with Crippen LogP contribution in [0.5, 0.6) is 0 Å². The summed E-state index contributed by atoms with van der Waals surface area (Å²) in [5.74, 6) is 0. The van der Waals surface area contributed by atoms with E-state index in [-0.39, 0.29) is 4.90 Å². The van der Waals surface area contributed by atoms with Crippen molar-refractivity contribution in [3.8, 4) is 0 Å². The number of rotatable bonds is 7. The highest BCUT2D eigenvalue weighted by Crippen LogP contribution is 2.35. The Balaban J connectivity index is 2.03. The fourth-order valence-electron chi connectivity index (χ4n) is 3.35. The minimum atomic E-state index is -3.70. The zero-order valence-corrected chi connectivity index (χ0v) is 19.2. The number of benzene rings is 3. The second kappa shape index (κ2) is 9.22. The molecule has 0 N–H and O–H groups in total. The summed E-state index contributed by atoms with van der Waals surface area (Å²) in [6.45, 7) is 0.764. The van der Waals surface area contributed by atoms with Crippen molar-refractivity contribution in [2.75, 3.05) is 21.1 Å². The van der Waals surface area contributed by atoms with E-state index in [9.17, 15) is 8.42 Å². The summed E-state index contributed by atoms with van der Waals surface area (Å²) < 4.78 is 29.3. The number of nitrogens with zero attached hydrogens (tertiary/aromatic N) is 2. The zero-order valence-electron chi connectivity index (χ0n) is 16.8. The largest absolute Gasteiger partial charge is 0.305 e. The van der Waals surface area contributed by atoms with Crippen molar-refractivity contribution >= 4 is 26.0 Å². The summed E-state index contributed by atoms with van der Waals surface area (Å²) in [6, 6.07) is 24.1. The first-order chi connectivity index (χ1) is 13.8. The molecule has 6 heteroatoms. The van der Waals surface area contributed by atoms with Crippen molar-refractivity contribution in [2.24, 2.45) is 0 Å². The predicted molar refractivity (Wildman–Crippen MR) is 121 cm³/mol. The molecule has 1 unspecified atom stereocenters. The van der Waals surface area contributed by atoms with Crippen molar-refractivity contribution in [3.63, 3.8) is 0 Å². The van der Waals surface area contributed by atoms with Crippen LogP contribution in [0.4, 0.5) is 0 Å². The molecule has 0 saturated carbocycles. The molecular formula is C23H25BrN2O2S. The normalized spacial score (nSPS) is 13.0. The Morgan fingerprint density at radius 1 is 0.828 bits per heavy atom. The molecule has 0 aliphatic rings. The van der Waals surface area contributed by atoms with Crippen LogP contribution in [0, 0.1) is 0 Å². The van der Waals surface area contributed by atoms with E-state index in [1.54, 1.807) is 19.2 Å². The van der Waals surface area contributed by atoms with Gasteiger partial charge < -0.3 is 4.90 Å². The number of hydrogen-bond donors (Lipinski definition) is 0. The first kappa shape index (κ1) is 21.7. The van der Waals surface area contributed by atoms with Gasteiger partial charge in [-0.1, -0.05) is 76.6 Å². The lowest BCUT2D eigenvalue weighted by Gasteiger charge is -2.29. The van der Waals surface area contributed by atoms with E-state index in [0.717, 1.165) is 27.7 Å². The Bertz CT molecular complexity index is 1050. The van der Waals surface area contributed by atoms with Crippen LogP contribution >= 0.6 is 15.9 Å². The van der Waals surface area contributed by atoms with Gasteiger partial charge in [-0.05, 0) is 49.0 Å². The van der Waals surface area contributed by atoms with Gasteiger partial charge in [0.25, 0.3) is 0 Å². The molecule has 0 bridgehead atoms. The summed E-state index contributed by atoms with van der Waals surface area (Å²) >= 11 is 3.59. The van der Waals surface area contributed by atoms with Crippen LogP contribution in [0.3, 0.4) is 0 Å². The number of sulfonamides is 1. The monoisotopic (exact) mass is 472 g/mol. The van der Waals surface area contributed by atoms with Crippen molar-refractivity contribution < 1.29 is 8.42 Å². The minimum absolute atomic E-state index is 0.287. The molecule has 3 aromatic rings. The lowest BCUT2D eigenvalue weighted by atomic mass is 9.99. The van der Waals surface area contributed by atoms with Crippen LogP contribution < -0.4 is 0 Å². The van der Waals surface area contributed by atoms with Gasteiger partial charge in [0.05, 0.1) is 10.9 Å². The SMILES string of the molecule is CN(C)Cc1ccc(S(=O)(=O)N(C)C(c2ccccc2)c2ccccc2Br)cc1. The number of halogens is 1. The van der Waals surface area contributed by atoms with Gasteiger partial charge in [0.15, 0.2) is 0 Å². The first-order valence-corrected chi connectivity index (χ1v) is 11.5. The van der Waals surface area contributed by atoms with Crippen molar-refractivity contribution in [1.29, 1.82) is 0 Å². The van der Waals surface area contributed by atoms with E-state index in [4.69, 9.17) is 0 Å². The summed E-state index contributed by atoms with van der Waals surface area (Å²) in [5, 5.41) is 0. The van der Waals surface area contributed by atoms with Gasteiger partial charge in [-0.3, -0.25) is 0 Å². The third-order valence-electron chi connectivity index (χ3n) is 4.78. The second-order valence-electron chi connectivity index (χ2n) is 7.24. The van der Waals surface area contributed by atoms with Gasteiger partial charge in [0.2, 0.25) is 10.0 Å². The quantitative estimate of drug-likeness (QED) is 0.489. The minimum Gasteiger partial charge on any atom is -0.305 e. The van der Waals surface area contributed by atoms with Crippen LogP contribution in [0.2, 0.25) is 0 Å². The molecule has 1 atom stereocenters. The molecule has 29 heavy (non-hydrogen) atoms. The average molecular weight is 473 g/mol. The van der Waals surface area contributed by atoms with Gasteiger partial charge >= 0.3 is 0 Å². The molecule has 4 nitrogen and oxygen atoms in total. The second-order valence-corrected chi connectivity index (χ2v) is 10.1. The average Bonchev–Trinajstić information content (AvgIpc) is 2.70. The van der Waals surface area contributed by atoms with Crippen molar-refractivity contribution in [1.82, 2.24) is 9.21 Å². The van der Waals surface area contributed by atoms with E-state index in [1.165, 1.54) is 4.31 Å². The summed E-state index contributed by atoms with van der Waals surface area (Å²) in [4.78, 5) is 2.34. The maximum absolute atomic E-state index is 13.5. The maximum Gasteiger partial charge on any atom is 0.243 e. The van der Waals surface area contributed by atoms with E-state index in [2.05, 4.69) is 15.9 Å². The summed E-state index contributed by atoms with van der Waals surface area (Å²) in [5.41, 5.74) is 2.88. The molecule has 0 aliphatic carbocycles. The molecule has 0 amide bonds. The van der Waals surface area contributed by atoms with Crippen LogP contribution in [-0.2, 0) is 16.6 Å². The maximum atomic E-state index is 13.5. The Kier molecular flexibility index (Phi) is 6.90. The fourth-order valence-corrected chi connectivity index (χ4v) is 5.18. The molecule has 0 saturated heterocycles. The van der Waals surface area contributed by atoms with Crippen molar-refractivity contribution in [2.45, 2.75) is 17.5 Å². The smallest absolute Gasteiger partial charge is 0.243 e. The Morgan fingerprint density at radius 2 is 1.41 bits per heavy atom. The molecule has 0 spiro atoms. The van der Waals surface area contributed by atoms with Gasteiger partial charge in [-0.25, -0.2) is 8.42 Å². The van der Waals surface area contributed by atoms with E-state index in [1.807, 2.05) is 85.7 Å². The molecule has 0 aromatic heterocycles. The summed E-state index contributed by atoms with van der Waals surface area (Å²) in [6.07, 6.45) is 0. The van der Waals surface area contributed by atoms with E-state index >= 15 is 0 Å². The Morgan fingerprint density at radius 3 is 2.00 bits per heavy atom. The van der Waals surface area contributed by atoms with Gasteiger partial charge in [-0.15, -0.1) is 0 Å². The van der Waals surface area contributed by atoms with Gasteiger partial charge in [0, 0.05) is 18.1 Å². The predicted octanol–water partition coefficient (Wildman–Crippen LogP) is 4.92. The van der Waals surface area contributed by atoms with Gasteiger partial charge in [-0.2, -0.15) is 4.31 Å². The number of hydrogen-bond acceptors (Lipinski definition) is 3. The van der Waals surface area contributed by atoms with Crippen LogP contribution in [0.15, 0.2) is 88.2 Å². The molecule has 0 heterocycles. The summed E-state index contributed by atoms with van der Waals surface area (Å²) in [7, 11) is 1.91. The molecule has 0 radical (unpaired) electrons. The van der Waals surface area contributed by atoms with Crippen LogP contribution in [0.25, 0.3) is 0 Å². The van der Waals surface area contributed by atoms with E-state index < -0.39 is 16.1 Å². The Labute approximate surface area is 182 Å². The van der Waals surface area contributed by atoms with Crippen molar-refractivity contribution in [3.05, 3.63) is 100 Å². The highest BCUT2D eigenvalue weighted by Gasteiger charge is 2.31. The first-order valence-electron chi connectivity index (χ1n) is 9.32. The van der Waals surface area contributed by atoms with Gasteiger partial charge in [0.1, 0.15) is 0 Å². The van der Waals surface area contributed by atoms with Crippen LogP contribution in [-0.4, -0.2) is 38.8 Å². The lowest BCUT2D eigenvalue weighted by molar-refractivity contribution is 0.402. The highest BCUT2D eigenvalue weighted by atomic mass is 79.9. The molecular weight excluding hydrogens is 448 g/mol. The Hall–Kier alpha value is -1.99. The third-order valence-corrected chi connectivity index (χ3v) is 7.34. The van der Waals surface area contributed by atoms with E-state index in [0.29, 0.717) is 0 Å². The third kappa shape index (κ3) is 4.95. The topological polar surface area (TPSA) is 40.6 Å². The molecule has 3 rings (SSSR count). The standard InChI is InChI=1S/C23H25BrN2O2S/c1-25(2)17-18-13-15-20(16-14-18)29(27,28)26(3)23(19-9-5-4-6-10-19)21-11-7-8-12-22(21)24/h4-16,23H,17H2,1-3H3.